The number of rotatable bonds is 1. The first-order valence-corrected chi connectivity index (χ1v) is 4.63. The molecule has 0 radical (unpaired) electrons. The van der Waals surface area contributed by atoms with Crippen LogP contribution in [0.25, 0.3) is 0 Å². The molecule has 0 unspecified atom stereocenters. The maximum absolute atomic E-state index is 13.3. The fraction of sp³-hybridized carbons (Fsp3) is 0.455. The normalized spacial score (nSPS) is 27.0. The molecule has 1 fully saturated rings. The Morgan fingerprint density at radius 2 is 2.00 bits per heavy atom. The molecule has 1 aromatic carbocycles. The molecule has 2 atom stereocenters. The van der Waals surface area contributed by atoms with E-state index in [1.54, 1.807) is 6.07 Å². The van der Waals surface area contributed by atoms with Crippen molar-refractivity contribution in [1.82, 2.24) is 0 Å². The van der Waals surface area contributed by atoms with Crippen molar-refractivity contribution in [2.45, 2.75) is 25.7 Å². The zero-order valence-electron chi connectivity index (χ0n) is 7.56. The van der Waals surface area contributed by atoms with Crippen LogP contribution in [0.1, 0.15) is 31.2 Å². The van der Waals surface area contributed by atoms with Gasteiger partial charge >= 0.3 is 0 Å². The lowest BCUT2D eigenvalue weighted by Crippen LogP contribution is -2.21. The average Bonchev–Trinajstić information content (AvgIpc) is 2.07. The van der Waals surface area contributed by atoms with E-state index < -0.39 is 11.6 Å². The van der Waals surface area contributed by atoms with E-state index in [1.807, 2.05) is 0 Å². The first-order valence-electron chi connectivity index (χ1n) is 4.63. The zero-order valence-corrected chi connectivity index (χ0v) is 7.56. The van der Waals surface area contributed by atoms with Gasteiger partial charge in [-0.25, -0.2) is 8.78 Å². The maximum Gasteiger partial charge on any atom is 0.129 e. The third kappa shape index (κ3) is 1.45. The minimum Gasteiger partial charge on any atom is -0.207 e. The summed E-state index contributed by atoms with van der Waals surface area (Å²) in [5, 5.41) is 0. The van der Waals surface area contributed by atoms with Gasteiger partial charge in [-0.2, -0.15) is 0 Å². The van der Waals surface area contributed by atoms with Crippen molar-refractivity contribution in [3.8, 4) is 0 Å². The summed E-state index contributed by atoms with van der Waals surface area (Å²) < 4.78 is 25.8. The van der Waals surface area contributed by atoms with Gasteiger partial charge in [0.2, 0.25) is 0 Å². The molecule has 1 aromatic rings. The molecule has 0 aromatic heterocycles. The summed E-state index contributed by atoms with van der Waals surface area (Å²) in [6.45, 7) is 2.11. The van der Waals surface area contributed by atoms with Gasteiger partial charge in [-0.05, 0) is 36.3 Å². The lowest BCUT2D eigenvalue weighted by atomic mass is 9.71. The first-order chi connectivity index (χ1) is 6.18. The third-order valence-corrected chi connectivity index (χ3v) is 2.98. The van der Waals surface area contributed by atoms with E-state index in [9.17, 15) is 8.78 Å². The molecular formula is C11H12F2. The van der Waals surface area contributed by atoms with Crippen molar-refractivity contribution < 1.29 is 8.78 Å². The zero-order chi connectivity index (χ0) is 9.42. The minimum atomic E-state index is -0.492. The van der Waals surface area contributed by atoms with E-state index in [0.717, 1.165) is 18.9 Å². The highest BCUT2D eigenvalue weighted by molar-refractivity contribution is 5.25. The standard InChI is InChI=1S/C11H12F2/c1-7-2-4-9(7)10-5-3-8(12)6-11(10)13/h3,5-7,9H,2,4H2,1H3/t7-,9+/m1/s1. The highest BCUT2D eigenvalue weighted by atomic mass is 19.1. The minimum absolute atomic E-state index is 0.306. The molecule has 0 saturated heterocycles. The van der Waals surface area contributed by atoms with Gasteiger partial charge in [0, 0.05) is 6.07 Å². The van der Waals surface area contributed by atoms with Crippen LogP contribution in [0.4, 0.5) is 8.78 Å². The Morgan fingerprint density at radius 3 is 2.46 bits per heavy atom. The molecule has 1 aliphatic rings. The van der Waals surface area contributed by atoms with Crippen molar-refractivity contribution in [3.05, 3.63) is 35.4 Å². The van der Waals surface area contributed by atoms with E-state index in [0.29, 0.717) is 17.4 Å². The topological polar surface area (TPSA) is 0 Å². The summed E-state index contributed by atoms with van der Waals surface area (Å²) in [5.74, 6) is -0.0367. The number of halogens is 2. The van der Waals surface area contributed by atoms with Gasteiger partial charge in [-0.3, -0.25) is 0 Å². The van der Waals surface area contributed by atoms with Crippen LogP contribution in [0.5, 0.6) is 0 Å². The summed E-state index contributed by atoms with van der Waals surface area (Å²) in [7, 11) is 0. The van der Waals surface area contributed by atoms with Crippen molar-refractivity contribution in [2.24, 2.45) is 5.92 Å². The van der Waals surface area contributed by atoms with Gasteiger partial charge in [0.1, 0.15) is 11.6 Å². The summed E-state index contributed by atoms with van der Waals surface area (Å²) >= 11 is 0. The quantitative estimate of drug-likeness (QED) is 0.623. The molecule has 0 spiro atoms. The lowest BCUT2D eigenvalue weighted by molar-refractivity contribution is 0.273. The van der Waals surface area contributed by atoms with Gasteiger partial charge in [0.25, 0.3) is 0 Å². The Morgan fingerprint density at radius 1 is 1.23 bits per heavy atom. The third-order valence-electron chi connectivity index (χ3n) is 2.98. The molecule has 1 aliphatic carbocycles. The Bertz CT molecular complexity index is 320. The molecule has 0 bridgehead atoms. The predicted molar refractivity (Wildman–Crippen MR) is 47.5 cm³/mol. The molecule has 13 heavy (non-hydrogen) atoms. The highest BCUT2D eigenvalue weighted by Crippen LogP contribution is 2.42. The Labute approximate surface area is 76.6 Å². The van der Waals surface area contributed by atoms with E-state index in [-0.39, 0.29) is 0 Å². The largest absolute Gasteiger partial charge is 0.207 e. The monoisotopic (exact) mass is 182 g/mol. The van der Waals surface area contributed by atoms with Crippen LogP contribution in [-0.4, -0.2) is 0 Å². The van der Waals surface area contributed by atoms with Crippen LogP contribution < -0.4 is 0 Å². The molecule has 1 saturated carbocycles. The molecule has 0 heterocycles. The average molecular weight is 182 g/mol. The second-order valence-corrected chi connectivity index (χ2v) is 3.83. The lowest BCUT2D eigenvalue weighted by Gasteiger charge is -2.34. The van der Waals surface area contributed by atoms with Gasteiger partial charge in [0.05, 0.1) is 0 Å². The van der Waals surface area contributed by atoms with Crippen LogP contribution in [0.15, 0.2) is 18.2 Å². The fourth-order valence-corrected chi connectivity index (χ4v) is 1.93. The molecular weight excluding hydrogens is 170 g/mol. The Kier molecular flexibility index (Phi) is 2.06. The van der Waals surface area contributed by atoms with Gasteiger partial charge in [-0.1, -0.05) is 13.0 Å². The SMILES string of the molecule is C[C@@H]1CC[C@@H]1c1ccc(F)cc1F. The van der Waals surface area contributed by atoms with Crippen molar-refractivity contribution in [3.63, 3.8) is 0 Å². The molecule has 0 nitrogen and oxygen atoms in total. The summed E-state index contributed by atoms with van der Waals surface area (Å²) in [6.07, 6.45) is 2.19. The van der Waals surface area contributed by atoms with E-state index >= 15 is 0 Å². The highest BCUT2D eigenvalue weighted by Gasteiger charge is 2.30. The molecule has 2 rings (SSSR count). The van der Waals surface area contributed by atoms with Gasteiger partial charge in [-0.15, -0.1) is 0 Å². The van der Waals surface area contributed by atoms with Crippen molar-refractivity contribution in [2.75, 3.05) is 0 Å². The summed E-state index contributed by atoms with van der Waals surface area (Å²) in [5.41, 5.74) is 0.681. The maximum atomic E-state index is 13.3. The number of hydrogen-bond donors (Lipinski definition) is 0. The Hall–Kier alpha value is -0.920. The van der Waals surface area contributed by atoms with Crippen molar-refractivity contribution in [1.29, 1.82) is 0 Å². The second-order valence-electron chi connectivity index (χ2n) is 3.83. The van der Waals surface area contributed by atoms with Crippen LogP contribution in [0.2, 0.25) is 0 Å². The number of benzene rings is 1. The van der Waals surface area contributed by atoms with Gasteiger partial charge in [0.15, 0.2) is 0 Å². The number of hydrogen-bond acceptors (Lipinski definition) is 0. The van der Waals surface area contributed by atoms with Crippen LogP contribution in [0.3, 0.4) is 0 Å². The molecule has 70 valence electrons. The fourth-order valence-electron chi connectivity index (χ4n) is 1.93. The van der Waals surface area contributed by atoms with Crippen LogP contribution >= 0.6 is 0 Å². The smallest absolute Gasteiger partial charge is 0.129 e. The molecule has 0 N–H and O–H groups in total. The molecule has 2 heteroatoms. The predicted octanol–water partition coefficient (Wildman–Crippen LogP) is 3.48. The van der Waals surface area contributed by atoms with E-state index in [2.05, 4.69) is 6.92 Å². The summed E-state index contributed by atoms with van der Waals surface area (Å²) in [4.78, 5) is 0. The first kappa shape index (κ1) is 8.67. The van der Waals surface area contributed by atoms with E-state index in [1.165, 1.54) is 6.07 Å². The molecule has 0 aliphatic heterocycles. The Balaban J connectivity index is 2.30. The van der Waals surface area contributed by atoms with Crippen LogP contribution in [-0.2, 0) is 0 Å². The van der Waals surface area contributed by atoms with Gasteiger partial charge < -0.3 is 0 Å². The molecule has 0 amide bonds. The summed E-state index contributed by atoms with van der Waals surface area (Å²) in [6, 6.07) is 3.88. The van der Waals surface area contributed by atoms with Crippen LogP contribution in [0, 0.1) is 17.6 Å². The second kappa shape index (κ2) is 3.09. The van der Waals surface area contributed by atoms with E-state index in [4.69, 9.17) is 0 Å². The van der Waals surface area contributed by atoms with Crippen molar-refractivity contribution >= 4 is 0 Å².